The van der Waals surface area contributed by atoms with Gasteiger partial charge in [-0.15, -0.1) is 0 Å². The Hall–Kier alpha value is -3.69. The molecule has 9 heteroatoms. The number of carbonyl (C=O) groups excluding carboxylic acids is 2. The predicted octanol–water partition coefficient (Wildman–Crippen LogP) is 4.39. The third-order valence-corrected chi connectivity index (χ3v) is 7.15. The summed E-state index contributed by atoms with van der Waals surface area (Å²) in [5.74, 6) is 0.774. The average Bonchev–Trinajstić information content (AvgIpc) is 3.30. The summed E-state index contributed by atoms with van der Waals surface area (Å²) in [5.41, 5.74) is 3.24. The normalized spacial score (nSPS) is 15.1. The van der Waals surface area contributed by atoms with Crippen molar-refractivity contribution in [1.82, 2.24) is 15.0 Å². The van der Waals surface area contributed by atoms with Gasteiger partial charge in [-0.1, -0.05) is 35.5 Å². The second-order valence-corrected chi connectivity index (χ2v) is 9.98. The number of fused-ring (bicyclic) bond motifs is 1. The number of aromatic nitrogens is 1. The van der Waals surface area contributed by atoms with Crippen LogP contribution >= 0.6 is 0 Å². The van der Waals surface area contributed by atoms with Gasteiger partial charge in [-0.3, -0.25) is 14.5 Å². The molecule has 0 radical (unpaired) electrons. The number of ether oxygens (including phenoxy) is 2. The van der Waals surface area contributed by atoms with Gasteiger partial charge in [0.1, 0.15) is 29.4 Å². The van der Waals surface area contributed by atoms with Gasteiger partial charge in [-0.05, 0) is 51.0 Å². The minimum absolute atomic E-state index is 0.00692. The first-order valence-electron chi connectivity index (χ1n) is 13.4. The third kappa shape index (κ3) is 6.32. The van der Waals surface area contributed by atoms with E-state index >= 15 is 0 Å². The first-order chi connectivity index (χ1) is 18.8. The lowest BCUT2D eigenvalue weighted by Gasteiger charge is -2.30. The molecule has 0 N–H and O–H groups in total. The summed E-state index contributed by atoms with van der Waals surface area (Å²) in [5, 5.41) is 4.26. The summed E-state index contributed by atoms with van der Waals surface area (Å²) in [7, 11) is 3.12. The Bertz CT molecular complexity index is 1290. The van der Waals surface area contributed by atoms with Crippen LogP contribution in [0.4, 0.5) is 5.69 Å². The molecule has 9 nitrogen and oxygen atoms in total. The van der Waals surface area contributed by atoms with E-state index in [-0.39, 0.29) is 24.5 Å². The smallest absolute Gasteiger partial charge is 0.260 e. The Balaban J connectivity index is 1.77. The first kappa shape index (κ1) is 28.3. The number of methoxy groups -OCH3 is 2. The molecule has 0 fully saturated rings. The molecule has 0 aliphatic carbocycles. The van der Waals surface area contributed by atoms with Crippen molar-refractivity contribution < 1.29 is 23.6 Å². The zero-order valence-corrected chi connectivity index (χ0v) is 23.5. The second kappa shape index (κ2) is 12.9. The molecule has 0 bridgehead atoms. The number of nitrogens with zero attached hydrogens (tertiary/aromatic N) is 4. The predicted molar refractivity (Wildman–Crippen MR) is 150 cm³/mol. The summed E-state index contributed by atoms with van der Waals surface area (Å²) >= 11 is 0. The number of hydrogen-bond donors (Lipinski definition) is 0. The van der Waals surface area contributed by atoms with Gasteiger partial charge in [0.15, 0.2) is 0 Å². The highest BCUT2D eigenvalue weighted by atomic mass is 16.5. The number of aryl methyl sites for hydroxylation is 1. The van der Waals surface area contributed by atoms with Crippen LogP contribution < -0.4 is 9.64 Å². The van der Waals surface area contributed by atoms with Crippen LogP contribution in [0.3, 0.4) is 0 Å². The van der Waals surface area contributed by atoms with E-state index in [0.29, 0.717) is 54.5 Å². The van der Waals surface area contributed by atoms with Gasteiger partial charge in [0.2, 0.25) is 0 Å². The van der Waals surface area contributed by atoms with Crippen LogP contribution in [0.1, 0.15) is 41.9 Å². The van der Waals surface area contributed by atoms with Gasteiger partial charge in [-0.25, -0.2) is 0 Å². The first-order valence-corrected chi connectivity index (χ1v) is 13.4. The molecule has 39 heavy (non-hydrogen) atoms. The third-order valence-electron chi connectivity index (χ3n) is 7.15. The van der Waals surface area contributed by atoms with Crippen LogP contribution in [0.15, 0.2) is 53.1 Å². The summed E-state index contributed by atoms with van der Waals surface area (Å²) in [6.45, 7) is 8.96. The van der Waals surface area contributed by atoms with Crippen LogP contribution in [-0.2, 0) is 16.1 Å². The maximum Gasteiger partial charge on any atom is 0.260 e. The largest absolute Gasteiger partial charge is 0.496 e. The Morgan fingerprint density at radius 3 is 2.49 bits per heavy atom. The average molecular weight is 535 g/mol. The molecule has 1 aliphatic heterocycles. The molecule has 3 aromatic rings. The van der Waals surface area contributed by atoms with Crippen molar-refractivity contribution in [3.05, 3.63) is 65.4 Å². The summed E-state index contributed by atoms with van der Waals surface area (Å²) in [6, 6.07) is 15.5. The van der Waals surface area contributed by atoms with Crippen LogP contribution in [0, 0.1) is 6.92 Å². The quantitative estimate of drug-likeness (QED) is 0.463. The van der Waals surface area contributed by atoms with E-state index in [2.05, 4.69) is 23.9 Å². The van der Waals surface area contributed by atoms with Crippen LogP contribution in [-0.4, -0.2) is 79.8 Å². The van der Waals surface area contributed by atoms with Gasteiger partial charge in [0.05, 0.1) is 7.11 Å². The minimum Gasteiger partial charge on any atom is -0.496 e. The maximum absolute atomic E-state index is 14.3. The van der Waals surface area contributed by atoms with E-state index in [9.17, 15) is 9.59 Å². The molecule has 4 rings (SSSR count). The molecule has 0 atom stereocenters. The summed E-state index contributed by atoms with van der Waals surface area (Å²) in [4.78, 5) is 33.4. The Labute approximate surface area is 230 Å². The van der Waals surface area contributed by atoms with E-state index in [1.165, 1.54) is 7.11 Å². The highest BCUT2D eigenvalue weighted by molar-refractivity contribution is 6.01. The second-order valence-electron chi connectivity index (χ2n) is 9.98. The van der Waals surface area contributed by atoms with Gasteiger partial charge in [-0.2, -0.15) is 0 Å². The SMILES string of the molecule is COCC(=O)N1CCCN(C(C)C)CCN(C(=O)c2c(-c3ccccc3OC)noc2C)Cc2ccccc21. The zero-order valence-electron chi connectivity index (χ0n) is 23.5. The van der Waals surface area contributed by atoms with Crippen molar-refractivity contribution in [3.8, 4) is 17.0 Å². The molecule has 1 aliphatic rings. The molecule has 0 saturated carbocycles. The maximum atomic E-state index is 14.3. The fourth-order valence-electron chi connectivity index (χ4n) is 5.06. The fourth-order valence-corrected chi connectivity index (χ4v) is 5.06. The zero-order chi connectivity index (χ0) is 27.9. The van der Waals surface area contributed by atoms with Crippen molar-refractivity contribution in [2.45, 2.75) is 39.8 Å². The lowest BCUT2D eigenvalue weighted by Crippen LogP contribution is -2.41. The van der Waals surface area contributed by atoms with Crippen molar-refractivity contribution in [2.75, 3.05) is 51.9 Å². The van der Waals surface area contributed by atoms with E-state index in [1.807, 2.05) is 53.4 Å². The minimum atomic E-state index is -0.179. The van der Waals surface area contributed by atoms with Crippen molar-refractivity contribution >= 4 is 17.5 Å². The highest BCUT2D eigenvalue weighted by Crippen LogP contribution is 2.34. The Morgan fingerprint density at radius 1 is 1.00 bits per heavy atom. The molecule has 2 aromatic carbocycles. The lowest BCUT2D eigenvalue weighted by atomic mass is 10.0. The molecular weight excluding hydrogens is 496 g/mol. The monoisotopic (exact) mass is 534 g/mol. The van der Waals surface area contributed by atoms with Crippen molar-refractivity contribution in [3.63, 3.8) is 0 Å². The number of carbonyl (C=O) groups is 2. The van der Waals surface area contributed by atoms with Crippen LogP contribution in [0.25, 0.3) is 11.3 Å². The van der Waals surface area contributed by atoms with E-state index in [1.54, 1.807) is 18.9 Å². The molecule has 2 heterocycles. The van der Waals surface area contributed by atoms with Gasteiger partial charge in [0.25, 0.3) is 11.8 Å². The fraction of sp³-hybridized carbons (Fsp3) is 0.433. The van der Waals surface area contributed by atoms with Crippen LogP contribution in [0.2, 0.25) is 0 Å². The van der Waals surface area contributed by atoms with Crippen LogP contribution in [0.5, 0.6) is 5.75 Å². The molecule has 1 aromatic heterocycles. The number of rotatable bonds is 6. The number of anilines is 1. The number of hydrogen-bond acceptors (Lipinski definition) is 7. The van der Waals surface area contributed by atoms with Crippen molar-refractivity contribution in [2.24, 2.45) is 0 Å². The van der Waals surface area contributed by atoms with Crippen molar-refractivity contribution in [1.29, 1.82) is 0 Å². The van der Waals surface area contributed by atoms with E-state index < -0.39 is 0 Å². The number of benzene rings is 2. The number of para-hydroxylation sites is 2. The standard InChI is InChI=1S/C30H38N4O5/c1-21(2)32-15-10-16-34(27(35)20-37-4)25-13-8-6-11-23(25)19-33(18-17-32)30(36)28-22(3)39-31-29(28)24-12-7-9-14-26(24)38-5/h6-9,11-14,21H,10,15-20H2,1-5H3. The van der Waals surface area contributed by atoms with Gasteiger partial charge >= 0.3 is 0 Å². The molecule has 208 valence electrons. The van der Waals surface area contributed by atoms with E-state index in [0.717, 1.165) is 24.2 Å². The van der Waals surface area contributed by atoms with E-state index in [4.69, 9.17) is 14.0 Å². The van der Waals surface area contributed by atoms with Gasteiger partial charge in [0, 0.05) is 57.1 Å². The van der Waals surface area contributed by atoms with Gasteiger partial charge < -0.3 is 23.8 Å². The molecule has 0 spiro atoms. The summed E-state index contributed by atoms with van der Waals surface area (Å²) < 4.78 is 16.3. The number of amides is 2. The molecule has 2 amide bonds. The Kier molecular flexibility index (Phi) is 9.37. The lowest BCUT2D eigenvalue weighted by molar-refractivity contribution is -0.122. The summed E-state index contributed by atoms with van der Waals surface area (Å²) in [6.07, 6.45) is 0.804. The Morgan fingerprint density at radius 2 is 1.74 bits per heavy atom. The highest BCUT2D eigenvalue weighted by Gasteiger charge is 2.30. The molecular formula is C30H38N4O5. The molecule has 0 saturated heterocycles. The topological polar surface area (TPSA) is 88.4 Å². The molecule has 0 unspecified atom stereocenters.